The largest absolute Gasteiger partial charge is 0.393 e. The molecule has 0 aromatic heterocycles. The summed E-state index contributed by atoms with van der Waals surface area (Å²) in [4.78, 5) is 48.2. The summed E-state index contributed by atoms with van der Waals surface area (Å²) in [7, 11) is 0. The van der Waals surface area contributed by atoms with Gasteiger partial charge in [-0.1, -0.05) is 23.8 Å². The van der Waals surface area contributed by atoms with E-state index in [1.807, 2.05) is 0 Å². The number of hydrogen-bond donors (Lipinski definition) is 0. The van der Waals surface area contributed by atoms with Gasteiger partial charge in [-0.3, -0.25) is 19.2 Å². The van der Waals surface area contributed by atoms with Crippen molar-refractivity contribution in [3.05, 3.63) is 34.9 Å². The highest BCUT2D eigenvalue weighted by Crippen LogP contribution is 2.52. The molecule has 2 fully saturated rings. The summed E-state index contributed by atoms with van der Waals surface area (Å²) >= 11 is 0. The number of carbonyl (C=O) groups is 4. The molecular weight excluding hydrogens is 366 g/mol. The van der Waals surface area contributed by atoms with Gasteiger partial charge in [0.05, 0.1) is 24.4 Å². The van der Waals surface area contributed by atoms with Crippen molar-refractivity contribution in [2.24, 2.45) is 11.8 Å². The summed E-state index contributed by atoms with van der Waals surface area (Å²) in [6, 6.07) is 4.94. The average Bonchev–Trinajstić information content (AvgIpc) is 3.06. The summed E-state index contributed by atoms with van der Waals surface area (Å²) in [5, 5.41) is 0. The summed E-state index contributed by atoms with van der Waals surface area (Å²) in [5.41, 5.74) is 1.59. The lowest BCUT2D eigenvalue weighted by atomic mass is 9.65. The number of cyclic esters (lactones) is 4. The van der Waals surface area contributed by atoms with Crippen molar-refractivity contribution in [1.29, 1.82) is 0 Å². The molecule has 7 nitrogen and oxygen atoms in total. The minimum atomic E-state index is -3.25. The first-order valence-corrected chi connectivity index (χ1v) is 8.32. The van der Waals surface area contributed by atoms with Crippen molar-refractivity contribution in [1.82, 2.24) is 0 Å². The molecule has 0 N–H and O–H groups in total. The molecule has 3 aliphatic rings. The molecule has 0 saturated carbocycles. The smallest absolute Gasteiger partial charge is 0.345 e. The maximum Gasteiger partial charge on any atom is 0.345 e. The molecule has 27 heavy (non-hydrogen) atoms. The van der Waals surface area contributed by atoms with Crippen LogP contribution in [0.25, 0.3) is 0 Å². The van der Waals surface area contributed by atoms with E-state index < -0.39 is 60.3 Å². The van der Waals surface area contributed by atoms with Gasteiger partial charge in [0.25, 0.3) is 0 Å². The van der Waals surface area contributed by atoms with Crippen LogP contribution >= 0.6 is 0 Å². The topological polar surface area (TPSA) is 96.0 Å². The fraction of sp³-hybridized carbons (Fsp3) is 0.444. The van der Waals surface area contributed by atoms with Crippen LogP contribution in [0.4, 0.5) is 8.78 Å². The molecule has 1 aromatic carbocycles. The second-order valence-electron chi connectivity index (χ2n) is 6.87. The highest BCUT2D eigenvalue weighted by Gasteiger charge is 2.60. The van der Waals surface area contributed by atoms with Crippen LogP contribution in [0.3, 0.4) is 0 Å². The molecule has 4 rings (SSSR count). The number of carbonyl (C=O) groups excluding carboxylic acids is 4. The summed E-state index contributed by atoms with van der Waals surface area (Å²) in [6.45, 7) is -1.48. The third-order valence-corrected chi connectivity index (χ3v) is 5.33. The van der Waals surface area contributed by atoms with Crippen LogP contribution in [0.15, 0.2) is 18.2 Å². The van der Waals surface area contributed by atoms with Crippen molar-refractivity contribution in [2.45, 2.75) is 37.9 Å². The number of aryl methyl sites for hydroxylation is 1. The van der Waals surface area contributed by atoms with Crippen LogP contribution in [0.5, 0.6) is 0 Å². The van der Waals surface area contributed by atoms with Gasteiger partial charge in [-0.15, -0.1) is 0 Å². The Morgan fingerprint density at radius 1 is 1.00 bits per heavy atom. The fourth-order valence-corrected chi connectivity index (χ4v) is 4.32. The molecule has 1 aromatic rings. The van der Waals surface area contributed by atoms with Gasteiger partial charge in [0.2, 0.25) is 0 Å². The van der Waals surface area contributed by atoms with Crippen LogP contribution in [-0.4, -0.2) is 36.6 Å². The number of halogens is 2. The molecule has 0 spiro atoms. The van der Waals surface area contributed by atoms with E-state index in [9.17, 15) is 28.0 Å². The second kappa shape index (κ2) is 6.19. The van der Waals surface area contributed by atoms with E-state index >= 15 is 0 Å². The number of fused-ring (bicyclic) bond motifs is 3. The van der Waals surface area contributed by atoms with E-state index in [0.29, 0.717) is 11.1 Å². The molecule has 2 saturated heterocycles. The molecular formula is C18H14F2O7. The van der Waals surface area contributed by atoms with Gasteiger partial charge in [0.15, 0.2) is 0 Å². The molecule has 1 aliphatic carbocycles. The SMILES string of the molecule is Cc1ccc2c(c1)C1C(=O)OC(=O)C1C(OC(F)F)C2C1CC(=O)OC1=O. The molecule has 0 amide bonds. The van der Waals surface area contributed by atoms with E-state index in [4.69, 9.17) is 4.74 Å². The van der Waals surface area contributed by atoms with Crippen LogP contribution in [0.1, 0.15) is 34.9 Å². The van der Waals surface area contributed by atoms with E-state index in [2.05, 4.69) is 9.47 Å². The van der Waals surface area contributed by atoms with Crippen molar-refractivity contribution >= 4 is 23.9 Å². The van der Waals surface area contributed by atoms with E-state index in [0.717, 1.165) is 5.56 Å². The Morgan fingerprint density at radius 3 is 2.37 bits per heavy atom. The van der Waals surface area contributed by atoms with Crippen LogP contribution < -0.4 is 0 Å². The zero-order valence-corrected chi connectivity index (χ0v) is 14.0. The average molecular weight is 380 g/mol. The molecule has 5 unspecified atom stereocenters. The van der Waals surface area contributed by atoms with E-state index in [1.165, 1.54) is 0 Å². The first-order valence-electron chi connectivity index (χ1n) is 8.32. The highest BCUT2D eigenvalue weighted by atomic mass is 19.3. The van der Waals surface area contributed by atoms with Crippen LogP contribution in [-0.2, 0) is 33.4 Å². The first kappa shape index (κ1) is 17.7. The molecule has 0 bridgehead atoms. The Bertz CT molecular complexity index is 865. The summed E-state index contributed by atoms with van der Waals surface area (Å²) in [5.74, 6) is -8.03. The molecule has 9 heteroatoms. The van der Waals surface area contributed by atoms with Gasteiger partial charge >= 0.3 is 30.5 Å². The van der Waals surface area contributed by atoms with Gasteiger partial charge < -0.3 is 14.2 Å². The third-order valence-electron chi connectivity index (χ3n) is 5.33. The number of alkyl halides is 2. The Balaban J connectivity index is 1.91. The molecule has 2 aliphatic heterocycles. The molecule has 0 radical (unpaired) electrons. The van der Waals surface area contributed by atoms with E-state index in [1.54, 1.807) is 25.1 Å². The lowest BCUT2D eigenvalue weighted by Crippen LogP contribution is -2.45. The lowest BCUT2D eigenvalue weighted by molar-refractivity contribution is -0.193. The van der Waals surface area contributed by atoms with E-state index in [-0.39, 0.29) is 6.42 Å². The highest BCUT2D eigenvalue weighted by molar-refractivity contribution is 6.01. The molecule has 5 atom stereocenters. The standard InChI is InChI=1S/C18H14F2O7/c1-6-2-3-7-8(4-6)12-13(17(24)27-16(12)23)14(26-18(19)20)11(7)9-5-10(21)25-15(9)22/h2-4,9,11-14,18H,5H2,1H3. The zero-order chi connectivity index (χ0) is 19.5. The van der Waals surface area contributed by atoms with Gasteiger partial charge in [-0.2, -0.15) is 8.78 Å². The molecule has 2 heterocycles. The van der Waals surface area contributed by atoms with Crippen LogP contribution in [0.2, 0.25) is 0 Å². The van der Waals surface area contributed by atoms with Crippen molar-refractivity contribution < 1.29 is 42.2 Å². The summed E-state index contributed by atoms with van der Waals surface area (Å²) < 4.78 is 40.2. The number of rotatable bonds is 3. The fourth-order valence-electron chi connectivity index (χ4n) is 4.32. The minimum Gasteiger partial charge on any atom is -0.393 e. The number of benzene rings is 1. The van der Waals surface area contributed by atoms with Gasteiger partial charge in [0.1, 0.15) is 5.92 Å². The Labute approximate surface area is 151 Å². The van der Waals surface area contributed by atoms with Crippen LogP contribution in [0, 0.1) is 18.8 Å². The predicted octanol–water partition coefficient (Wildman–Crippen LogP) is 1.57. The Morgan fingerprint density at radius 2 is 1.74 bits per heavy atom. The number of esters is 4. The monoisotopic (exact) mass is 380 g/mol. The minimum absolute atomic E-state index is 0.319. The normalized spacial score (nSPS) is 32.4. The maximum absolute atomic E-state index is 13.1. The number of ether oxygens (including phenoxy) is 3. The Hall–Kier alpha value is -2.68. The van der Waals surface area contributed by atoms with Gasteiger partial charge in [-0.05, 0) is 18.1 Å². The van der Waals surface area contributed by atoms with Crippen molar-refractivity contribution in [2.75, 3.05) is 0 Å². The first-order chi connectivity index (χ1) is 12.8. The second-order valence-corrected chi connectivity index (χ2v) is 6.87. The van der Waals surface area contributed by atoms with Crippen molar-refractivity contribution in [3.8, 4) is 0 Å². The van der Waals surface area contributed by atoms with Gasteiger partial charge in [-0.25, -0.2) is 0 Å². The summed E-state index contributed by atoms with van der Waals surface area (Å²) in [6.07, 6.45) is -1.83. The van der Waals surface area contributed by atoms with Crippen molar-refractivity contribution in [3.63, 3.8) is 0 Å². The molecule has 142 valence electrons. The zero-order valence-electron chi connectivity index (χ0n) is 14.0. The maximum atomic E-state index is 13.1. The van der Waals surface area contributed by atoms with Gasteiger partial charge in [0, 0.05) is 5.92 Å². The quantitative estimate of drug-likeness (QED) is 0.580. The Kier molecular flexibility index (Phi) is 4.06. The number of hydrogen-bond acceptors (Lipinski definition) is 7. The lowest BCUT2D eigenvalue weighted by Gasteiger charge is -2.39. The predicted molar refractivity (Wildman–Crippen MR) is 81.3 cm³/mol. The third kappa shape index (κ3) is 2.73.